The third-order valence-corrected chi connectivity index (χ3v) is 3.71. The lowest BCUT2D eigenvalue weighted by Crippen LogP contribution is -2.13. The summed E-state index contributed by atoms with van der Waals surface area (Å²) >= 11 is 0. The molecule has 0 fully saturated rings. The van der Waals surface area contributed by atoms with Crippen molar-refractivity contribution in [3.63, 3.8) is 0 Å². The molecule has 0 bridgehead atoms. The van der Waals surface area contributed by atoms with Crippen molar-refractivity contribution in [2.24, 2.45) is 5.92 Å². The molecule has 0 saturated carbocycles. The predicted octanol–water partition coefficient (Wildman–Crippen LogP) is 4.30. The first kappa shape index (κ1) is 18.6. The van der Waals surface area contributed by atoms with Gasteiger partial charge in [-0.15, -0.1) is 0 Å². The number of carbonyl (C=O) groups is 1. The van der Waals surface area contributed by atoms with Crippen LogP contribution < -0.4 is 20.1 Å². The second kappa shape index (κ2) is 8.97. The van der Waals surface area contributed by atoms with Crippen LogP contribution in [-0.2, 0) is 11.3 Å². The van der Waals surface area contributed by atoms with E-state index >= 15 is 0 Å². The molecule has 1 amide bonds. The van der Waals surface area contributed by atoms with Gasteiger partial charge in [0.05, 0.1) is 14.2 Å². The number of methoxy groups -OCH3 is 2. The average molecular weight is 342 g/mol. The zero-order valence-electron chi connectivity index (χ0n) is 15.3. The zero-order chi connectivity index (χ0) is 18.2. The second-order valence-electron chi connectivity index (χ2n) is 6.27. The van der Waals surface area contributed by atoms with Crippen molar-refractivity contribution in [1.82, 2.24) is 0 Å². The predicted molar refractivity (Wildman–Crippen MR) is 101 cm³/mol. The van der Waals surface area contributed by atoms with Gasteiger partial charge in [0.1, 0.15) is 0 Å². The summed E-state index contributed by atoms with van der Waals surface area (Å²) in [4.78, 5) is 11.8. The summed E-state index contributed by atoms with van der Waals surface area (Å²) in [6.07, 6.45) is 0.527. The number of nitrogens with one attached hydrogen (secondary N) is 2. The van der Waals surface area contributed by atoms with E-state index in [9.17, 15) is 4.79 Å². The van der Waals surface area contributed by atoms with Crippen LogP contribution in [-0.4, -0.2) is 20.1 Å². The van der Waals surface area contributed by atoms with Gasteiger partial charge in [-0.3, -0.25) is 4.79 Å². The summed E-state index contributed by atoms with van der Waals surface area (Å²) in [5.74, 6) is 1.82. The van der Waals surface area contributed by atoms with Gasteiger partial charge in [-0.1, -0.05) is 19.9 Å². The highest BCUT2D eigenvalue weighted by molar-refractivity contribution is 5.90. The maximum absolute atomic E-state index is 11.8. The number of hydrogen-bond acceptors (Lipinski definition) is 4. The summed E-state index contributed by atoms with van der Waals surface area (Å²) in [5.41, 5.74) is 2.88. The van der Waals surface area contributed by atoms with Gasteiger partial charge >= 0.3 is 0 Å². The summed E-state index contributed by atoms with van der Waals surface area (Å²) in [6, 6.07) is 13.5. The Bertz CT molecular complexity index is 697. The lowest BCUT2D eigenvalue weighted by Gasteiger charge is -2.12. The van der Waals surface area contributed by atoms with Gasteiger partial charge < -0.3 is 20.1 Å². The van der Waals surface area contributed by atoms with E-state index in [4.69, 9.17) is 9.47 Å². The van der Waals surface area contributed by atoms with Gasteiger partial charge in [0.15, 0.2) is 11.5 Å². The number of carbonyl (C=O) groups excluding carboxylic acids is 1. The van der Waals surface area contributed by atoms with Gasteiger partial charge in [0.2, 0.25) is 5.91 Å². The molecule has 0 unspecified atom stereocenters. The normalized spacial score (nSPS) is 10.4. The Morgan fingerprint density at radius 2 is 1.60 bits per heavy atom. The Labute approximate surface area is 149 Å². The van der Waals surface area contributed by atoms with Gasteiger partial charge in [-0.2, -0.15) is 0 Å². The third kappa shape index (κ3) is 5.71. The van der Waals surface area contributed by atoms with Gasteiger partial charge in [0, 0.05) is 24.3 Å². The van der Waals surface area contributed by atoms with Crippen molar-refractivity contribution in [2.45, 2.75) is 26.8 Å². The van der Waals surface area contributed by atoms with Crippen LogP contribution in [0.15, 0.2) is 42.5 Å². The molecule has 0 spiro atoms. The highest BCUT2D eigenvalue weighted by atomic mass is 16.5. The van der Waals surface area contributed by atoms with E-state index in [1.165, 1.54) is 0 Å². The fraction of sp³-hybridized carbons (Fsp3) is 0.350. The molecule has 5 nitrogen and oxygen atoms in total. The molecule has 0 saturated heterocycles. The van der Waals surface area contributed by atoms with Crippen LogP contribution in [0.3, 0.4) is 0 Å². The number of benzene rings is 2. The molecule has 134 valence electrons. The van der Waals surface area contributed by atoms with Crippen LogP contribution in [0.1, 0.15) is 25.8 Å². The topological polar surface area (TPSA) is 59.6 Å². The molecular weight excluding hydrogens is 316 g/mol. The fourth-order valence-corrected chi connectivity index (χ4v) is 2.45. The third-order valence-electron chi connectivity index (χ3n) is 3.71. The van der Waals surface area contributed by atoms with E-state index in [1.807, 2.05) is 56.3 Å². The molecule has 0 aliphatic rings. The number of rotatable bonds is 8. The fourth-order valence-electron chi connectivity index (χ4n) is 2.45. The van der Waals surface area contributed by atoms with Crippen molar-refractivity contribution in [2.75, 3.05) is 24.9 Å². The Kier molecular flexibility index (Phi) is 6.69. The second-order valence-corrected chi connectivity index (χ2v) is 6.27. The summed E-state index contributed by atoms with van der Waals surface area (Å²) < 4.78 is 10.6. The molecule has 0 aromatic heterocycles. The number of hydrogen-bond donors (Lipinski definition) is 2. The van der Waals surface area contributed by atoms with E-state index in [-0.39, 0.29) is 5.91 Å². The van der Waals surface area contributed by atoms with Crippen molar-refractivity contribution < 1.29 is 14.3 Å². The molecule has 25 heavy (non-hydrogen) atoms. The quantitative estimate of drug-likeness (QED) is 0.751. The lowest BCUT2D eigenvalue weighted by atomic mass is 10.1. The van der Waals surface area contributed by atoms with Crippen molar-refractivity contribution in [1.29, 1.82) is 0 Å². The van der Waals surface area contributed by atoms with Crippen molar-refractivity contribution in [3.05, 3.63) is 48.0 Å². The maximum atomic E-state index is 11.8. The molecule has 2 aromatic carbocycles. The minimum atomic E-state index is 0.0426. The SMILES string of the molecule is COc1ccc(CNc2ccc(NC(=O)CC(C)C)cc2)cc1OC. The lowest BCUT2D eigenvalue weighted by molar-refractivity contribution is -0.116. The molecule has 2 aromatic rings. The van der Waals surface area contributed by atoms with Crippen LogP contribution in [0, 0.1) is 5.92 Å². The average Bonchev–Trinajstić information content (AvgIpc) is 2.60. The van der Waals surface area contributed by atoms with Crippen LogP contribution in [0.25, 0.3) is 0 Å². The molecular formula is C20H26N2O3. The molecule has 0 radical (unpaired) electrons. The van der Waals surface area contributed by atoms with Crippen LogP contribution in [0.2, 0.25) is 0 Å². The smallest absolute Gasteiger partial charge is 0.224 e. The highest BCUT2D eigenvalue weighted by Crippen LogP contribution is 2.27. The summed E-state index contributed by atoms with van der Waals surface area (Å²) in [6.45, 7) is 4.72. The van der Waals surface area contributed by atoms with Crippen LogP contribution >= 0.6 is 0 Å². The largest absolute Gasteiger partial charge is 0.493 e. The minimum Gasteiger partial charge on any atom is -0.493 e. The standard InChI is InChI=1S/C20H26N2O3/c1-14(2)11-20(23)22-17-8-6-16(7-9-17)21-13-15-5-10-18(24-3)19(12-15)25-4/h5-10,12,14,21H,11,13H2,1-4H3,(H,22,23). The first-order chi connectivity index (χ1) is 12.0. The zero-order valence-corrected chi connectivity index (χ0v) is 15.3. The molecule has 2 rings (SSSR count). The number of ether oxygens (including phenoxy) is 2. The molecule has 0 aliphatic heterocycles. The molecule has 0 atom stereocenters. The van der Waals surface area contributed by atoms with E-state index < -0.39 is 0 Å². The summed E-state index contributed by atoms with van der Waals surface area (Å²) in [5, 5.41) is 6.26. The van der Waals surface area contributed by atoms with Gasteiger partial charge in [0.25, 0.3) is 0 Å². The maximum Gasteiger partial charge on any atom is 0.224 e. The Hall–Kier alpha value is -2.69. The molecule has 0 aliphatic carbocycles. The Morgan fingerprint density at radius 3 is 2.20 bits per heavy atom. The first-order valence-electron chi connectivity index (χ1n) is 8.36. The van der Waals surface area contributed by atoms with E-state index in [1.54, 1.807) is 14.2 Å². The van der Waals surface area contributed by atoms with Crippen LogP contribution in [0.4, 0.5) is 11.4 Å². The number of anilines is 2. The first-order valence-corrected chi connectivity index (χ1v) is 8.36. The highest BCUT2D eigenvalue weighted by Gasteiger charge is 2.06. The summed E-state index contributed by atoms with van der Waals surface area (Å²) in [7, 11) is 3.25. The molecule has 0 heterocycles. The van der Waals surface area contributed by atoms with E-state index in [2.05, 4.69) is 10.6 Å². The number of amides is 1. The van der Waals surface area contributed by atoms with Gasteiger partial charge in [-0.25, -0.2) is 0 Å². The minimum absolute atomic E-state index is 0.0426. The molecule has 5 heteroatoms. The van der Waals surface area contributed by atoms with E-state index in [0.29, 0.717) is 30.4 Å². The Morgan fingerprint density at radius 1 is 0.960 bits per heavy atom. The van der Waals surface area contributed by atoms with Crippen molar-refractivity contribution >= 4 is 17.3 Å². The van der Waals surface area contributed by atoms with Crippen LogP contribution in [0.5, 0.6) is 11.5 Å². The van der Waals surface area contributed by atoms with Gasteiger partial charge in [-0.05, 0) is 47.9 Å². The van der Waals surface area contributed by atoms with E-state index in [0.717, 1.165) is 16.9 Å². The monoisotopic (exact) mass is 342 g/mol. The van der Waals surface area contributed by atoms with Crippen molar-refractivity contribution in [3.8, 4) is 11.5 Å². The Balaban J connectivity index is 1.92. The molecule has 2 N–H and O–H groups in total.